The number of nitrogens with zero attached hydrogens (tertiary/aromatic N) is 5. The van der Waals surface area contributed by atoms with Crippen molar-refractivity contribution in [3.05, 3.63) is 163 Å². The van der Waals surface area contributed by atoms with E-state index in [1.54, 1.807) is 0 Å². The first-order chi connectivity index (χ1) is 25.2. The van der Waals surface area contributed by atoms with Crippen LogP contribution in [0.2, 0.25) is 0 Å². The summed E-state index contributed by atoms with van der Waals surface area (Å²) in [6, 6.07) is 47.5. The van der Waals surface area contributed by atoms with Gasteiger partial charge in [-0.05, 0) is 62.2 Å². The summed E-state index contributed by atoms with van der Waals surface area (Å²) in [6.45, 7) is 5.90. The summed E-state index contributed by atoms with van der Waals surface area (Å²) in [5.41, 5.74) is 8.92. The zero-order valence-corrected chi connectivity index (χ0v) is 27.9. The van der Waals surface area contributed by atoms with E-state index in [-0.39, 0.29) is 0 Å². The van der Waals surface area contributed by atoms with Gasteiger partial charge in [0.05, 0.1) is 22.3 Å². The van der Waals surface area contributed by atoms with Crippen LogP contribution >= 0.6 is 0 Å². The number of fused-ring (bicyclic) bond motifs is 6. The SMILES string of the molecule is C=N/C(=C\C=C/C)c1cc(-c2nc(-c3ccccc3)nc(-c3ccccc3)n2)c2oc3cc4c5ccccc5n(-c5ccccc5)c4cc3c2c1. The van der Waals surface area contributed by atoms with Crippen molar-refractivity contribution in [1.29, 1.82) is 0 Å². The van der Waals surface area contributed by atoms with E-state index in [0.717, 1.165) is 71.8 Å². The highest BCUT2D eigenvalue weighted by Gasteiger charge is 2.22. The van der Waals surface area contributed by atoms with Gasteiger partial charge in [0.1, 0.15) is 11.2 Å². The van der Waals surface area contributed by atoms with Crippen molar-refractivity contribution in [2.45, 2.75) is 6.92 Å². The van der Waals surface area contributed by atoms with Gasteiger partial charge in [-0.15, -0.1) is 0 Å². The maximum Gasteiger partial charge on any atom is 0.167 e. The van der Waals surface area contributed by atoms with Crippen LogP contribution in [0.25, 0.3) is 89.3 Å². The lowest BCUT2D eigenvalue weighted by Crippen LogP contribution is -2.00. The normalized spacial score (nSPS) is 12.1. The monoisotopic (exact) mass is 657 g/mol. The van der Waals surface area contributed by atoms with Gasteiger partial charge in [0.15, 0.2) is 17.5 Å². The molecule has 0 aliphatic heterocycles. The summed E-state index contributed by atoms with van der Waals surface area (Å²) in [5.74, 6) is 1.66. The maximum absolute atomic E-state index is 6.86. The van der Waals surface area contributed by atoms with Crippen LogP contribution in [-0.2, 0) is 0 Å². The van der Waals surface area contributed by atoms with Crippen LogP contribution in [0.3, 0.4) is 0 Å². The first kappa shape index (κ1) is 30.2. The van der Waals surface area contributed by atoms with E-state index in [1.807, 2.05) is 97.9 Å². The lowest BCUT2D eigenvalue weighted by Gasteiger charge is -2.10. The van der Waals surface area contributed by atoms with Crippen molar-refractivity contribution in [2.75, 3.05) is 0 Å². The highest BCUT2D eigenvalue weighted by Crippen LogP contribution is 2.42. The van der Waals surface area contributed by atoms with Gasteiger partial charge in [0.25, 0.3) is 0 Å². The molecule has 0 radical (unpaired) electrons. The van der Waals surface area contributed by atoms with E-state index in [9.17, 15) is 0 Å². The number of aromatic nitrogens is 4. The third-order valence-corrected chi connectivity index (χ3v) is 9.23. The Morgan fingerprint density at radius 1 is 0.627 bits per heavy atom. The highest BCUT2D eigenvalue weighted by molar-refractivity contribution is 6.18. The van der Waals surface area contributed by atoms with Crippen LogP contribution in [0.5, 0.6) is 0 Å². The molecule has 6 nitrogen and oxygen atoms in total. The second kappa shape index (κ2) is 12.5. The average molecular weight is 658 g/mol. The van der Waals surface area contributed by atoms with Crippen molar-refractivity contribution < 1.29 is 4.42 Å². The smallest absolute Gasteiger partial charge is 0.167 e. The van der Waals surface area contributed by atoms with Crippen LogP contribution in [-0.4, -0.2) is 26.2 Å². The minimum atomic E-state index is 0.506. The van der Waals surface area contributed by atoms with E-state index in [4.69, 9.17) is 19.4 Å². The summed E-state index contributed by atoms with van der Waals surface area (Å²) >= 11 is 0. The second-order valence-electron chi connectivity index (χ2n) is 12.3. The molecule has 0 N–H and O–H groups in total. The van der Waals surface area contributed by atoms with Crippen LogP contribution in [0.4, 0.5) is 0 Å². The van der Waals surface area contributed by atoms with Crippen LogP contribution < -0.4 is 0 Å². The number of furan rings is 1. The van der Waals surface area contributed by atoms with Crippen molar-refractivity contribution in [3.63, 3.8) is 0 Å². The minimum Gasteiger partial charge on any atom is -0.455 e. The number of para-hydroxylation sites is 2. The summed E-state index contributed by atoms with van der Waals surface area (Å²) in [5, 5.41) is 4.18. The Bertz CT molecular complexity index is 2750. The molecule has 6 aromatic carbocycles. The van der Waals surface area contributed by atoms with E-state index in [2.05, 4.69) is 83.0 Å². The Balaban J connectivity index is 1.38. The molecule has 0 saturated carbocycles. The van der Waals surface area contributed by atoms with Crippen molar-refractivity contribution >= 4 is 56.2 Å². The standard InChI is InChI=1S/C45H31N5O/c1-3-4-23-38(46-2)31-25-36-35-27-40-34(33-22-14-15-24-39(33)50(40)32-20-12-7-13-21-32)28-41(35)51-42(36)37(26-31)45-48-43(29-16-8-5-9-17-29)47-44(49-45)30-18-10-6-11-19-30/h3-28H,2H2,1H3/b4-3-,38-23-. The first-order valence-electron chi connectivity index (χ1n) is 16.9. The predicted molar refractivity (Wildman–Crippen MR) is 210 cm³/mol. The lowest BCUT2D eigenvalue weighted by atomic mass is 10.0. The predicted octanol–water partition coefficient (Wildman–Crippen LogP) is 11.5. The summed E-state index contributed by atoms with van der Waals surface area (Å²) < 4.78 is 9.18. The molecule has 0 fully saturated rings. The fourth-order valence-corrected chi connectivity index (χ4v) is 6.86. The lowest BCUT2D eigenvalue weighted by molar-refractivity contribution is 0.670. The van der Waals surface area contributed by atoms with Gasteiger partial charge >= 0.3 is 0 Å². The fraction of sp³-hybridized carbons (Fsp3) is 0.0222. The van der Waals surface area contributed by atoms with Gasteiger partial charge < -0.3 is 8.98 Å². The number of rotatable bonds is 7. The van der Waals surface area contributed by atoms with Gasteiger partial charge in [-0.2, -0.15) is 0 Å². The van der Waals surface area contributed by atoms with Gasteiger partial charge in [0.2, 0.25) is 0 Å². The molecule has 3 heterocycles. The Morgan fingerprint density at radius 2 is 1.25 bits per heavy atom. The molecule has 0 saturated heterocycles. The average Bonchev–Trinajstić information content (AvgIpc) is 3.72. The number of benzene rings is 6. The van der Waals surface area contributed by atoms with E-state index < -0.39 is 0 Å². The van der Waals surface area contributed by atoms with Crippen LogP contribution in [0.1, 0.15) is 12.5 Å². The summed E-state index contributed by atoms with van der Waals surface area (Å²) in [7, 11) is 0. The van der Waals surface area contributed by atoms with Crippen molar-refractivity contribution in [2.24, 2.45) is 4.99 Å². The van der Waals surface area contributed by atoms with Crippen molar-refractivity contribution in [3.8, 4) is 39.9 Å². The molecular formula is C45H31N5O. The topological polar surface area (TPSA) is 69.1 Å². The highest BCUT2D eigenvalue weighted by atomic mass is 16.3. The molecule has 6 heteroatoms. The maximum atomic E-state index is 6.86. The molecular weight excluding hydrogens is 627 g/mol. The Morgan fingerprint density at radius 3 is 1.92 bits per heavy atom. The molecule has 0 unspecified atom stereocenters. The van der Waals surface area contributed by atoms with Gasteiger partial charge in [-0.25, -0.2) is 15.0 Å². The van der Waals surface area contributed by atoms with E-state index in [1.165, 1.54) is 0 Å². The van der Waals surface area contributed by atoms with Crippen molar-refractivity contribution in [1.82, 2.24) is 19.5 Å². The molecule has 0 atom stereocenters. The van der Waals surface area contributed by atoms with Gasteiger partial charge in [-0.3, -0.25) is 4.99 Å². The number of hydrogen-bond donors (Lipinski definition) is 0. The number of hydrogen-bond acceptors (Lipinski definition) is 5. The third-order valence-electron chi connectivity index (χ3n) is 9.23. The molecule has 0 spiro atoms. The van der Waals surface area contributed by atoms with E-state index >= 15 is 0 Å². The quantitative estimate of drug-likeness (QED) is 0.126. The van der Waals surface area contributed by atoms with Crippen LogP contribution in [0, 0.1) is 0 Å². The zero-order valence-electron chi connectivity index (χ0n) is 27.9. The molecule has 51 heavy (non-hydrogen) atoms. The Kier molecular flexibility index (Phi) is 7.40. The minimum absolute atomic E-state index is 0.506. The molecule has 3 aromatic heterocycles. The zero-order chi connectivity index (χ0) is 34.3. The molecule has 9 aromatic rings. The summed E-state index contributed by atoms with van der Waals surface area (Å²) in [6.07, 6.45) is 5.90. The first-order valence-corrected chi connectivity index (χ1v) is 16.9. The molecule has 9 rings (SSSR count). The van der Waals surface area contributed by atoms with E-state index in [0.29, 0.717) is 23.1 Å². The Hall–Kier alpha value is -6.92. The largest absolute Gasteiger partial charge is 0.455 e. The molecule has 242 valence electrons. The molecule has 0 aliphatic carbocycles. The Labute approximate surface area is 294 Å². The second-order valence-corrected chi connectivity index (χ2v) is 12.3. The van der Waals surface area contributed by atoms with Gasteiger partial charge in [-0.1, -0.05) is 109 Å². The number of aliphatic imine (C=N–C) groups is 1. The summed E-state index contributed by atoms with van der Waals surface area (Å²) in [4.78, 5) is 19.5. The molecule has 0 amide bonds. The third kappa shape index (κ3) is 5.21. The number of allylic oxidation sites excluding steroid dienone is 3. The molecule has 0 bridgehead atoms. The fourth-order valence-electron chi connectivity index (χ4n) is 6.86. The molecule has 0 aliphatic rings. The van der Waals surface area contributed by atoms with Crippen LogP contribution in [0.15, 0.2) is 167 Å². The van der Waals surface area contributed by atoms with Gasteiger partial charge in [0, 0.05) is 43.9 Å².